The fourth-order valence-electron chi connectivity index (χ4n) is 2.86. The number of rotatable bonds is 6. The number of benzene rings is 1. The number of aliphatic imine (C=N–C) groups is 1. The summed E-state index contributed by atoms with van der Waals surface area (Å²) in [5, 5.41) is 2.78. The minimum atomic E-state index is -3.64. The van der Waals surface area contributed by atoms with Crippen LogP contribution in [0.5, 0.6) is 0 Å². The van der Waals surface area contributed by atoms with Gasteiger partial charge in [-0.25, -0.2) is 13.4 Å². The monoisotopic (exact) mass is 386 g/mol. The molecule has 2 aromatic rings. The molecule has 1 amide bonds. The largest absolute Gasteiger partial charge is 0.309 e. The van der Waals surface area contributed by atoms with E-state index in [1.54, 1.807) is 24.3 Å². The maximum absolute atomic E-state index is 12.8. The molecule has 0 spiro atoms. The van der Waals surface area contributed by atoms with Crippen molar-refractivity contribution in [1.29, 1.82) is 0 Å². The minimum Gasteiger partial charge on any atom is -0.309 e. The number of amidine groups is 1. The van der Waals surface area contributed by atoms with Gasteiger partial charge in [-0.3, -0.25) is 14.5 Å². The van der Waals surface area contributed by atoms with Crippen LogP contribution in [0.4, 0.5) is 5.82 Å². The molecule has 0 radical (unpaired) electrons. The molecule has 1 aromatic heterocycles. The Labute approximate surface area is 159 Å². The molecule has 1 aromatic carbocycles. The van der Waals surface area contributed by atoms with Crippen LogP contribution in [0.2, 0.25) is 0 Å². The summed E-state index contributed by atoms with van der Waals surface area (Å²) in [5.74, 6) is 0.353. The topological polar surface area (TPSA) is 101 Å². The number of carbonyl (C=O) groups is 1. The first-order valence-corrected chi connectivity index (χ1v) is 10.3. The summed E-state index contributed by atoms with van der Waals surface area (Å²) in [6.07, 6.45) is 2.21. The predicted octanol–water partition coefficient (Wildman–Crippen LogP) is 2.63. The standard InChI is InChI=1S/C19H22N4O3S/c1-3-4-10-15(19(24)22-17-12-7-8-13(2)20-17)21-18-14-9-5-6-11-16(14)27(25,26)23-18/h5-9,11-12,15H,3-4,10H2,1-2H3,(H,21,23)(H,20,22,24). The van der Waals surface area contributed by atoms with Crippen LogP contribution in [-0.2, 0) is 14.8 Å². The van der Waals surface area contributed by atoms with Gasteiger partial charge in [0.2, 0.25) is 5.91 Å². The maximum atomic E-state index is 12.8. The van der Waals surface area contributed by atoms with Crippen LogP contribution in [0.15, 0.2) is 52.4 Å². The number of hydrogen-bond donors (Lipinski definition) is 2. The highest BCUT2D eigenvalue weighted by molar-refractivity contribution is 7.90. The van der Waals surface area contributed by atoms with Gasteiger partial charge >= 0.3 is 0 Å². The number of nitrogens with one attached hydrogen (secondary N) is 2. The van der Waals surface area contributed by atoms with Crippen LogP contribution in [0, 0.1) is 6.92 Å². The molecule has 0 fully saturated rings. The van der Waals surface area contributed by atoms with Crippen molar-refractivity contribution in [3.8, 4) is 0 Å². The molecule has 7 nitrogen and oxygen atoms in total. The summed E-state index contributed by atoms with van der Waals surface area (Å²) in [4.78, 5) is 21.7. The molecule has 27 heavy (non-hydrogen) atoms. The summed E-state index contributed by atoms with van der Waals surface area (Å²) < 4.78 is 27.0. The Morgan fingerprint density at radius 1 is 1.22 bits per heavy atom. The Hall–Kier alpha value is -2.74. The van der Waals surface area contributed by atoms with Crippen molar-refractivity contribution in [2.45, 2.75) is 44.0 Å². The molecule has 3 rings (SSSR count). The van der Waals surface area contributed by atoms with Crippen molar-refractivity contribution >= 4 is 27.6 Å². The Morgan fingerprint density at radius 2 is 2.00 bits per heavy atom. The van der Waals surface area contributed by atoms with Crippen molar-refractivity contribution < 1.29 is 13.2 Å². The van der Waals surface area contributed by atoms with E-state index in [4.69, 9.17) is 0 Å². The summed E-state index contributed by atoms with van der Waals surface area (Å²) >= 11 is 0. The molecule has 142 valence electrons. The van der Waals surface area contributed by atoms with Crippen LogP contribution >= 0.6 is 0 Å². The number of aryl methyl sites for hydroxylation is 1. The number of pyridine rings is 1. The van der Waals surface area contributed by atoms with Crippen molar-refractivity contribution in [2.75, 3.05) is 5.32 Å². The van der Waals surface area contributed by atoms with E-state index in [1.165, 1.54) is 6.07 Å². The number of unbranched alkanes of at least 4 members (excludes halogenated alkanes) is 1. The van der Waals surface area contributed by atoms with E-state index in [1.807, 2.05) is 26.0 Å². The Kier molecular flexibility index (Phi) is 5.55. The first-order valence-electron chi connectivity index (χ1n) is 8.85. The van der Waals surface area contributed by atoms with Gasteiger partial charge in [0.1, 0.15) is 17.7 Å². The molecule has 1 unspecified atom stereocenters. The van der Waals surface area contributed by atoms with E-state index >= 15 is 0 Å². The third-order valence-corrected chi connectivity index (χ3v) is 5.62. The molecule has 0 saturated heterocycles. The summed E-state index contributed by atoms with van der Waals surface area (Å²) in [6, 6.07) is 11.3. The Morgan fingerprint density at radius 3 is 2.74 bits per heavy atom. The van der Waals surface area contributed by atoms with Gasteiger partial charge in [0, 0.05) is 11.3 Å². The van der Waals surface area contributed by atoms with Crippen molar-refractivity contribution in [1.82, 2.24) is 9.71 Å². The molecule has 0 aliphatic carbocycles. The number of amides is 1. The molecular formula is C19H22N4O3S. The fraction of sp³-hybridized carbons (Fsp3) is 0.316. The first kappa shape index (κ1) is 19.0. The van der Waals surface area contributed by atoms with Crippen LogP contribution in [0.25, 0.3) is 0 Å². The normalized spacial score (nSPS) is 17.2. The molecule has 0 bridgehead atoms. The van der Waals surface area contributed by atoms with E-state index in [0.29, 0.717) is 17.8 Å². The second-order valence-electron chi connectivity index (χ2n) is 6.39. The second-order valence-corrected chi connectivity index (χ2v) is 8.04. The van der Waals surface area contributed by atoms with Crippen molar-refractivity contribution in [3.05, 3.63) is 53.7 Å². The van der Waals surface area contributed by atoms with Crippen LogP contribution in [-0.4, -0.2) is 31.2 Å². The molecule has 1 aliphatic rings. The molecule has 1 atom stereocenters. The summed E-state index contributed by atoms with van der Waals surface area (Å²) in [7, 11) is -3.64. The van der Waals surface area contributed by atoms with Gasteiger partial charge < -0.3 is 5.32 Å². The molecule has 2 N–H and O–H groups in total. The number of carbonyl (C=O) groups excluding carboxylic acids is 1. The Balaban J connectivity index is 1.89. The molecular weight excluding hydrogens is 364 g/mol. The zero-order valence-corrected chi connectivity index (χ0v) is 16.1. The lowest BCUT2D eigenvalue weighted by Gasteiger charge is -2.14. The van der Waals surface area contributed by atoms with Gasteiger partial charge in [-0.05, 0) is 37.6 Å². The van der Waals surface area contributed by atoms with E-state index < -0.39 is 16.1 Å². The highest BCUT2D eigenvalue weighted by Crippen LogP contribution is 2.23. The number of hydrogen-bond acceptors (Lipinski definition) is 5. The lowest BCUT2D eigenvalue weighted by molar-refractivity contribution is -0.117. The van der Waals surface area contributed by atoms with E-state index in [9.17, 15) is 13.2 Å². The van der Waals surface area contributed by atoms with Crippen LogP contribution < -0.4 is 10.0 Å². The van der Waals surface area contributed by atoms with E-state index in [0.717, 1.165) is 18.5 Å². The molecule has 1 aliphatic heterocycles. The van der Waals surface area contributed by atoms with E-state index in [-0.39, 0.29) is 16.6 Å². The zero-order valence-electron chi connectivity index (χ0n) is 15.3. The van der Waals surface area contributed by atoms with Gasteiger partial charge in [-0.2, -0.15) is 0 Å². The molecule has 2 heterocycles. The maximum Gasteiger partial charge on any atom is 0.263 e. The number of anilines is 1. The highest BCUT2D eigenvalue weighted by atomic mass is 32.2. The fourth-order valence-corrected chi connectivity index (χ4v) is 4.10. The predicted molar refractivity (Wildman–Crippen MR) is 104 cm³/mol. The number of aromatic nitrogens is 1. The third-order valence-electron chi connectivity index (χ3n) is 4.22. The van der Waals surface area contributed by atoms with E-state index in [2.05, 4.69) is 20.0 Å². The summed E-state index contributed by atoms with van der Waals surface area (Å²) in [5.41, 5.74) is 1.28. The lowest BCUT2D eigenvalue weighted by Crippen LogP contribution is -2.31. The Bertz CT molecular complexity index is 986. The van der Waals surface area contributed by atoms with Gasteiger partial charge in [0.05, 0.1) is 4.90 Å². The number of nitrogens with zero attached hydrogens (tertiary/aromatic N) is 2. The average molecular weight is 386 g/mol. The zero-order chi connectivity index (χ0) is 19.4. The van der Waals surface area contributed by atoms with Gasteiger partial charge in [0.15, 0.2) is 0 Å². The molecule has 8 heteroatoms. The molecule has 0 saturated carbocycles. The quantitative estimate of drug-likeness (QED) is 0.797. The highest BCUT2D eigenvalue weighted by Gasteiger charge is 2.31. The third kappa shape index (κ3) is 4.33. The minimum absolute atomic E-state index is 0.179. The SMILES string of the molecule is CCCCC(N=C1NS(=O)(=O)c2ccccc21)C(=O)Nc1cccc(C)n1. The smallest absolute Gasteiger partial charge is 0.263 e. The number of sulfonamides is 1. The van der Waals surface area contributed by atoms with Gasteiger partial charge in [-0.1, -0.05) is 38.0 Å². The lowest BCUT2D eigenvalue weighted by atomic mass is 10.1. The van der Waals surface area contributed by atoms with Crippen molar-refractivity contribution in [3.63, 3.8) is 0 Å². The van der Waals surface area contributed by atoms with Crippen LogP contribution in [0.3, 0.4) is 0 Å². The first-order chi connectivity index (χ1) is 12.9. The van der Waals surface area contributed by atoms with Crippen molar-refractivity contribution in [2.24, 2.45) is 4.99 Å². The number of fused-ring (bicyclic) bond motifs is 1. The average Bonchev–Trinajstić information content (AvgIpc) is 2.89. The summed E-state index contributed by atoms with van der Waals surface area (Å²) in [6.45, 7) is 3.87. The van der Waals surface area contributed by atoms with Crippen LogP contribution in [0.1, 0.15) is 37.4 Å². The van der Waals surface area contributed by atoms with Gasteiger partial charge in [0.25, 0.3) is 10.0 Å². The van der Waals surface area contributed by atoms with Gasteiger partial charge in [-0.15, -0.1) is 0 Å². The second kappa shape index (κ2) is 7.87.